The van der Waals surface area contributed by atoms with Gasteiger partial charge in [0.1, 0.15) is 18.1 Å². The van der Waals surface area contributed by atoms with Crippen LogP contribution in [0.3, 0.4) is 0 Å². The lowest BCUT2D eigenvalue weighted by Crippen LogP contribution is -2.68. The second-order valence-electron chi connectivity index (χ2n) is 10.3. The Kier molecular flexibility index (Phi) is 7.33. The number of rotatable bonds is 7. The van der Waals surface area contributed by atoms with E-state index >= 15 is 0 Å². The van der Waals surface area contributed by atoms with E-state index in [2.05, 4.69) is 10.6 Å². The van der Waals surface area contributed by atoms with Crippen LogP contribution in [0.15, 0.2) is 42.5 Å². The van der Waals surface area contributed by atoms with Crippen molar-refractivity contribution in [3.63, 3.8) is 0 Å². The summed E-state index contributed by atoms with van der Waals surface area (Å²) in [6.45, 7) is 7.30. The molecule has 3 unspecified atom stereocenters. The van der Waals surface area contributed by atoms with E-state index in [4.69, 9.17) is 4.74 Å². The fourth-order valence-corrected chi connectivity index (χ4v) is 5.44. The van der Waals surface area contributed by atoms with Gasteiger partial charge in [0.25, 0.3) is 0 Å². The minimum atomic E-state index is -1.18. The number of hydrogen-bond donors (Lipinski definition) is 2. The van der Waals surface area contributed by atoms with Crippen LogP contribution in [-0.2, 0) is 27.2 Å². The lowest BCUT2D eigenvalue weighted by molar-refractivity contribution is -0.159. The van der Waals surface area contributed by atoms with Gasteiger partial charge in [-0.2, -0.15) is 0 Å². The van der Waals surface area contributed by atoms with E-state index in [-0.39, 0.29) is 41.0 Å². The molecule has 8 heteroatoms. The van der Waals surface area contributed by atoms with Crippen LogP contribution in [0.1, 0.15) is 50.4 Å². The number of benzene rings is 2. The largest absolute Gasteiger partial charge is 0.494 e. The molecule has 0 spiro atoms. The first-order valence-electron chi connectivity index (χ1n) is 12.5. The van der Waals surface area contributed by atoms with Gasteiger partial charge in [0.15, 0.2) is 11.6 Å². The van der Waals surface area contributed by atoms with Crippen LogP contribution in [0, 0.1) is 17.7 Å². The summed E-state index contributed by atoms with van der Waals surface area (Å²) in [6.07, 6.45) is 1.32. The quantitative estimate of drug-likeness (QED) is 0.618. The SMILES string of the molecule is COc1ccc(C(C(=O)NC(C)C)N2C(=O)C(C3Cc4ccccc4C3)NC(=O)C2C(C)C)cc1F. The van der Waals surface area contributed by atoms with Crippen LogP contribution in [0.5, 0.6) is 5.75 Å². The first-order chi connectivity index (χ1) is 17.1. The molecule has 2 aliphatic rings. The van der Waals surface area contributed by atoms with Crippen molar-refractivity contribution in [1.29, 1.82) is 0 Å². The van der Waals surface area contributed by atoms with Gasteiger partial charge in [-0.15, -0.1) is 0 Å². The number of hydrogen-bond acceptors (Lipinski definition) is 4. The van der Waals surface area contributed by atoms with Crippen molar-refractivity contribution in [2.24, 2.45) is 11.8 Å². The summed E-state index contributed by atoms with van der Waals surface area (Å²) in [5.41, 5.74) is 2.61. The maximum absolute atomic E-state index is 14.8. The molecule has 0 saturated carbocycles. The zero-order valence-corrected chi connectivity index (χ0v) is 21.4. The Morgan fingerprint density at radius 1 is 1.08 bits per heavy atom. The molecule has 1 saturated heterocycles. The van der Waals surface area contributed by atoms with E-state index in [1.807, 2.05) is 52.0 Å². The summed E-state index contributed by atoms with van der Waals surface area (Å²) in [4.78, 5) is 42.5. The maximum atomic E-state index is 14.8. The molecule has 1 aliphatic carbocycles. The van der Waals surface area contributed by atoms with Crippen LogP contribution in [0.4, 0.5) is 4.39 Å². The zero-order chi connectivity index (χ0) is 26.1. The molecule has 36 heavy (non-hydrogen) atoms. The van der Waals surface area contributed by atoms with Crippen molar-refractivity contribution in [2.75, 3.05) is 7.11 Å². The van der Waals surface area contributed by atoms with Crippen molar-refractivity contribution in [2.45, 2.75) is 64.7 Å². The average Bonchev–Trinajstić information content (AvgIpc) is 3.24. The van der Waals surface area contributed by atoms with Gasteiger partial charge in [-0.1, -0.05) is 44.2 Å². The molecule has 1 fully saturated rings. The van der Waals surface area contributed by atoms with Gasteiger partial charge in [-0.3, -0.25) is 14.4 Å². The van der Waals surface area contributed by atoms with Gasteiger partial charge in [0.2, 0.25) is 17.7 Å². The monoisotopic (exact) mass is 495 g/mol. The molecule has 7 nitrogen and oxygen atoms in total. The van der Waals surface area contributed by atoms with Crippen molar-refractivity contribution in [1.82, 2.24) is 15.5 Å². The third kappa shape index (κ3) is 4.81. The molecule has 2 aromatic carbocycles. The van der Waals surface area contributed by atoms with Crippen molar-refractivity contribution < 1.29 is 23.5 Å². The van der Waals surface area contributed by atoms with E-state index in [9.17, 15) is 18.8 Å². The first-order valence-corrected chi connectivity index (χ1v) is 12.5. The summed E-state index contributed by atoms with van der Waals surface area (Å²) >= 11 is 0. The molecule has 2 aromatic rings. The fraction of sp³-hybridized carbons (Fsp3) is 0.464. The summed E-state index contributed by atoms with van der Waals surface area (Å²) in [5.74, 6) is -2.10. The van der Waals surface area contributed by atoms with Crippen molar-refractivity contribution in [3.8, 4) is 5.75 Å². The smallest absolute Gasteiger partial charge is 0.247 e. The number of piperazine rings is 1. The molecule has 192 valence electrons. The Balaban J connectivity index is 1.77. The number of fused-ring (bicyclic) bond motifs is 1. The number of ether oxygens (including phenoxy) is 1. The third-order valence-electron chi connectivity index (χ3n) is 7.02. The fourth-order valence-electron chi connectivity index (χ4n) is 5.44. The predicted molar refractivity (Wildman–Crippen MR) is 134 cm³/mol. The minimum Gasteiger partial charge on any atom is -0.494 e. The topological polar surface area (TPSA) is 87.7 Å². The molecule has 2 N–H and O–H groups in total. The lowest BCUT2D eigenvalue weighted by atomic mass is 9.87. The molecule has 1 aliphatic heterocycles. The summed E-state index contributed by atoms with van der Waals surface area (Å²) in [5, 5.41) is 5.83. The third-order valence-corrected chi connectivity index (χ3v) is 7.02. The summed E-state index contributed by atoms with van der Waals surface area (Å²) in [7, 11) is 1.36. The average molecular weight is 496 g/mol. The maximum Gasteiger partial charge on any atom is 0.247 e. The normalized spacial score (nSPS) is 20.9. The second-order valence-corrected chi connectivity index (χ2v) is 10.3. The Morgan fingerprint density at radius 3 is 2.25 bits per heavy atom. The number of nitrogens with one attached hydrogen (secondary N) is 2. The van der Waals surface area contributed by atoms with Gasteiger partial charge >= 0.3 is 0 Å². The summed E-state index contributed by atoms with van der Waals surface area (Å²) in [6, 6.07) is 9.18. The number of carbonyl (C=O) groups excluding carboxylic acids is 3. The molecule has 0 aromatic heterocycles. The van der Waals surface area contributed by atoms with Gasteiger partial charge in [0.05, 0.1) is 7.11 Å². The van der Waals surface area contributed by atoms with Crippen LogP contribution in [0.2, 0.25) is 0 Å². The highest BCUT2D eigenvalue weighted by Gasteiger charge is 2.50. The molecular formula is C28H34FN3O4. The van der Waals surface area contributed by atoms with E-state index in [1.165, 1.54) is 24.1 Å². The van der Waals surface area contributed by atoms with Crippen LogP contribution in [0.25, 0.3) is 0 Å². The Bertz CT molecular complexity index is 1140. The van der Waals surface area contributed by atoms with Gasteiger partial charge in [-0.05, 0) is 67.3 Å². The Labute approximate surface area is 211 Å². The predicted octanol–water partition coefficient (Wildman–Crippen LogP) is 3.17. The molecule has 1 heterocycles. The van der Waals surface area contributed by atoms with E-state index in [1.54, 1.807) is 6.07 Å². The van der Waals surface area contributed by atoms with Crippen LogP contribution >= 0.6 is 0 Å². The Hall–Kier alpha value is -3.42. The highest BCUT2D eigenvalue weighted by atomic mass is 19.1. The lowest BCUT2D eigenvalue weighted by Gasteiger charge is -2.45. The van der Waals surface area contributed by atoms with Crippen molar-refractivity contribution in [3.05, 3.63) is 65.0 Å². The van der Waals surface area contributed by atoms with Gasteiger partial charge in [0, 0.05) is 6.04 Å². The van der Waals surface area contributed by atoms with E-state index in [0.717, 1.165) is 11.1 Å². The highest BCUT2D eigenvalue weighted by Crippen LogP contribution is 2.36. The van der Waals surface area contributed by atoms with E-state index in [0.29, 0.717) is 12.8 Å². The molecule has 0 bridgehead atoms. The number of nitrogens with zero attached hydrogens (tertiary/aromatic N) is 1. The molecule has 3 amide bonds. The van der Waals surface area contributed by atoms with Crippen LogP contribution in [-0.4, -0.2) is 47.9 Å². The Morgan fingerprint density at radius 2 is 1.72 bits per heavy atom. The number of amides is 3. The minimum absolute atomic E-state index is 0.0338. The second kappa shape index (κ2) is 10.3. The number of halogens is 1. The molecule has 0 radical (unpaired) electrons. The molecule has 3 atom stereocenters. The summed E-state index contributed by atoms with van der Waals surface area (Å²) < 4.78 is 19.8. The molecule has 4 rings (SSSR count). The standard InChI is InChI=1S/C28H34FN3O4/c1-15(2)24-26(33)31-23(20-12-17-8-6-7-9-18(17)13-20)28(35)32(24)25(27(34)30-16(3)4)19-10-11-22(36-5)21(29)14-19/h6-11,14-16,20,23-25H,12-13H2,1-5H3,(H,30,34)(H,31,33). The van der Waals surface area contributed by atoms with Crippen molar-refractivity contribution >= 4 is 17.7 Å². The molecular weight excluding hydrogens is 461 g/mol. The number of carbonyl (C=O) groups is 3. The zero-order valence-electron chi connectivity index (χ0n) is 21.4. The van der Waals surface area contributed by atoms with Gasteiger partial charge < -0.3 is 20.3 Å². The van der Waals surface area contributed by atoms with Crippen LogP contribution < -0.4 is 15.4 Å². The number of methoxy groups -OCH3 is 1. The van der Waals surface area contributed by atoms with E-state index < -0.39 is 29.8 Å². The highest BCUT2D eigenvalue weighted by molar-refractivity contribution is 6.00. The first kappa shape index (κ1) is 25.7. The van der Waals surface area contributed by atoms with Gasteiger partial charge in [-0.25, -0.2) is 4.39 Å².